The van der Waals surface area contributed by atoms with Gasteiger partial charge in [-0.3, -0.25) is 10.1 Å². The average molecular weight is 482 g/mol. The van der Waals surface area contributed by atoms with Crippen LogP contribution >= 0.6 is 0 Å². The first-order valence-electron chi connectivity index (χ1n) is 11.2. The Morgan fingerprint density at radius 1 is 0.912 bits per heavy atom. The fourth-order valence-electron chi connectivity index (χ4n) is 3.77. The highest BCUT2D eigenvalue weighted by Crippen LogP contribution is 2.29. The highest BCUT2D eigenvalue weighted by Gasteiger charge is 2.23. The normalized spacial score (nSPS) is 11.6. The van der Waals surface area contributed by atoms with Crippen LogP contribution in [0.5, 0.6) is 5.75 Å². The Balaban J connectivity index is 1.79. The summed E-state index contributed by atoms with van der Waals surface area (Å²) in [5.41, 5.74) is 2.37. The van der Waals surface area contributed by atoms with Crippen LogP contribution in [0.15, 0.2) is 83.8 Å². The van der Waals surface area contributed by atoms with Crippen LogP contribution in [-0.2, 0) is 14.8 Å². The van der Waals surface area contributed by atoms with Crippen LogP contribution < -0.4 is 15.4 Å². The van der Waals surface area contributed by atoms with Gasteiger partial charge in [-0.05, 0) is 29.3 Å². The molecule has 0 fully saturated rings. The van der Waals surface area contributed by atoms with E-state index in [-0.39, 0.29) is 23.4 Å². The third-order valence-corrected chi connectivity index (χ3v) is 7.57. The van der Waals surface area contributed by atoms with Crippen LogP contribution in [0.2, 0.25) is 0 Å². The van der Waals surface area contributed by atoms with E-state index in [2.05, 4.69) is 10.6 Å². The first-order chi connectivity index (χ1) is 16.4. The molecule has 0 aliphatic heterocycles. The third kappa shape index (κ3) is 6.02. The average Bonchev–Trinajstić information content (AvgIpc) is 2.86. The molecule has 3 aromatic rings. The van der Waals surface area contributed by atoms with Crippen molar-refractivity contribution >= 4 is 21.6 Å². The van der Waals surface area contributed by atoms with Crippen molar-refractivity contribution < 1.29 is 17.9 Å². The van der Waals surface area contributed by atoms with E-state index in [9.17, 15) is 13.2 Å². The number of benzene rings is 3. The van der Waals surface area contributed by atoms with E-state index in [0.717, 1.165) is 11.1 Å². The van der Waals surface area contributed by atoms with Gasteiger partial charge in [0, 0.05) is 13.1 Å². The number of amides is 1. The third-order valence-electron chi connectivity index (χ3n) is 5.52. The molecule has 8 heteroatoms. The fraction of sp³-hybridized carbons (Fsp3) is 0.269. The van der Waals surface area contributed by atoms with Gasteiger partial charge in [-0.2, -0.15) is 4.31 Å². The van der Waals surface area contributed by atoms with Gasteiger partial charge in [-0.1, -0.05) is 74.5 Å². The molecular weight excluding hydrogens is 450 g/mol. The summed E-state index contributed by atoms with van der Waals surface area (Å²) in [5, 5.41) is 6.11. The molecule has 0 heterocycles. The summed E-state index contributed by atoms with van der Waals surface area (Å²) >= 11 is 0. The van der Waals surface area contributed by atoms with Crippen LogP contribution in [0, 0.1) is 0 Å². The number of nitrogens with zero attached hydrogens (tertiary/aromatic N) is 1. The van der Waals surface area contributed by atoms with Crippen LogP contribution in [0.1, 0.15) is 31.0 Å². The van der Waals surface area contributed by atoms with Gasteiger partial charge in [0.1, 0.15) is 5.75 Å². The predicted octanol–water partition coefficient (Wildman–Crippen LogP) is 4.04. The number of carbonyl (C=O) groups excluding carboxylic acids is 1. The maximum absolute atomic E-state index is 12.9. The predicted molar refractivity (Wildman–Crippen MR) is 134 cm³/mol. The van der Waals surface area contributed by atoms with E-state index >= 15 is 0 Å². The van der Waals surface area contributed by atoms with E-state index < -0.39 is 10.0 Å². The fourth-order valence-corrected chi connectivity index (χ4v) is 5.25. The van der Waals surface area contributed by atoms with Crippen LogP contribution in [-0.4, -0.2) is 45.4 Å². The lowest BCUT2D eigenvalue weighted by Crippen LogP contribution is -2.32. The van der Waals surface area contributed by atoms with E-state index in [0.29, 0.717) is 24.5 Å². The molecule has 0 atom stereocenters. The molecule has 180 valence electrons. The van der Waals surface area contributed by atoms with Gasteiger partial charge in [0.15, 0.2) is 0 Å². The number of methoxy groups -OCH3 is 1. The minimum absolute atomic E-state index is 0.0185. The zero-order valence-corrected chi connectivity index (χ0v) is 20.5. The summed E-state index contributed by atoms with van der Waals surface area (Å²) in [6.45, 7) is 4.31. The van der Waals surface area contributed by atoms with Crippen molar-refractivity contribution in [1.29, 1.82) is 0 Å². The van der Waals surface area contributed by atoms with E-state index in [1.165, 1.54) is 23.5 Å². The summed E-state index contributed by atoms with van der Waals surface area (Å²) in [6.07, 6.45) is 0. The Kier molecular flexibility index (Phi) is 8.81. The number of hydrogen-bond acceptors (Lipinski definition) is 5. The molecule has 0 spiro atoms. The number of carbonyl (C=O) groups is 1. The molecule has 0 bridgehead atoms. The largest absolute Gasteiger partial charge is 0.495 e. The highest BCUT2D eigenvalue weighted by atomic mass is 32.2. The van der Waals surface area contributed by atoms with Gasteiger partial charge in [-0.15, -0.1) is 0 Å². The van der Waals surface area contributed by atoms with Gasteiger partial charge in [0.25, 0.3) is 0 Å². The molecular formula is C26H31N3O4S. The second-order valence-corrected chi connectivity index (χ2v) is 9.57. The molecule has 3 aromatic carbocycles. The Hall–Kier alpha value is -3.20. The maximum atomic E-state index is 12.9. The lowest BCUT2D eigenvalue weighted by molar-refractivity contribution is -0.115. The Morgan fingerprint density at radius 2 is 1.47 bits per heavy atom. The molecule has 0 unspecified atom stereocenters. The minimum atomic E-state index is -3.67. The monoisotopic (exact) mass is 481 g/mol. The Morgan fingerprint density at radius 3 is 1.97 bits per heavy atom. The molecule has 3 rings (SSSR count). The zero-order valence-electron chi connectivity index (χ0n) is 19.7. The van der Waals surface area contributed by atoms with Crippen molar-refractivity contribution in [3.63, 3.8) is 0 Å². The topological polar surface area (TPSA) is 87.7 Å². The molecule has 0 saturated carbocycles. The van der Waals surface area contributed by atoms with Crippen LogP contribution in [0.25, 0.3) is 0 Å². The quantitative estimate of drug-likeness (QED) is 0.432. The molecule has 0 aliphatic carbocycles. The second kappa shape index (κ2) is 11.8. The van der Waals surface area contributed by atoms with Gasteiger partial charge in [0.05, 0.1) is 30.3 Å². The number of rotatable bonds is 11. The number of hydrogen-bond donors (Lipinski definition) is 2. The SMILES string of the molecule is CCN(CC)S(=O)(=O)c1ccc(OC)c(NC(=O)CNC(c2ccccc2)c2ccccc2)c1. The first-order valence-corrected chi connectivity index (χ1v) is 12.7. The van der Waals surface area contributed by atoms with Crippen molar-refractivity contribution in [1.82, 2.24) is 9.62 Å². The minimum Gasteiger partial charge on any atom is -0.495 e. The van der Waals surface area contributed by atoms with Crippen molar-refractivity contribution in [3.8, 4) is 5.75 Å². The summed E-state index contributed by atoms with van der Waals surface area (Å²) in [5.74, 6) is 0.0714. The first kappa shape index (κ1) is 25.4. The summed E-state index contributed by atoms with van der Waals surface area (Å²) < 4.78 is 32.6. The molecule has 7 nitrogen and oxygen atoms in total. The summed E-state index contributed by atoms with van der Waals surface area (Å²) in [7, 11) is -2.20. The number of nitrogens with one attached hydrogen (secondary N) is 2. The number of ether oxygens (including phenoxy) is 1. The van der Waals surface area contributed by atoms with Gasteiger partial charge in [-0.25, -0.2) is 8.42 Å². The summed E-state index contributed by atoms with van der Waals surface area (Å²) in [6, 6.07) is 24.1. The van der Waals surface area contributed by atoms with Crippen LogP contribution in [0.3, 0.4) is 0 Å². The smallest absolute Gasteiger partial charge is 0.243 e. The molecule has 0 saturated heterocycles. The van der Waals surface area contributed by atoms with Crippen LogP contribution in [0.4, 0.5) is 5.69 Å². The van der Waals surface area contributed by atoms with Gasteiger partial charge in [0.2, 0.25) is 15.9 Å². The van der Waals surface area contributed by atoms with E-state index in [4.69, 9.17) is 4.74 Å². The van der Waals surface area contributed by atoms with Crippen molar-refractivity contribution in [2.75, 3.05) is 32.1 Å². The number of sulfonamides is 1. The maximum Gasteiger partial charge on any atom is 0.243 e. The highest BCUT2D eigenvalue weighted by molar-refractivity contribution is 7.89. The molecule has 34 heavy (non-hydrogen) atoms. The summed E-state index contributed by atoms with van der Waals surface area (Å²) in [4.78, 5) is 13.0. The lowest BCUT2D eigenvalue weighted by Gasteiger charge is -2.21. The lowest BCUT2D eigenvalue weighted by atomic mass is 9.99. The molecule has 0 aromatic heterocycles. The Bertz CT molecular complexity index is 1140. The van der Waals surface area contributed by atoms with Crippen molar-refractivity contribution in [3.05, 3.63) is 90.0 Å². The number of anilines is 1. The zero-order chi connectivity index (χ0) is 24.6. The Labute approximate surface area is 201 Å². The van der Waals surface area contributed by atoms with Crippen molar-refractivity contribution in [2.45, 2.75) is 24.8 Å². The molecule has 1 amide bonds. The van der Waals surface area contributed by atoms with Crippen molar-refractivity contribution in [2.24, 2.45) is 0 Å². The standard InChI is InChI=1S/C26H31N3O4S/c1-4-29(5-2)34(31,32)22-16-17-24(33-3)23(18-22)28-25(30)19-27-26(20-12-8-6-9-13-20)21-14-10-7-11-15-21/h6-18,26-27H,4-5,19H2,1-3H3,(H,28,30). The van der Waals surface area contributed by atoms with Gasteiger partial charge >= 0.3 is 0 Å². The molecule has 2 N–H and O–H groups in total. The van der Waals surface area contributed by atoms with Gasteiger partial charge < -0.3 is 10.1 Å². The second-order valence-electron chi connectivity index (χ2n) is 7.63. The van der Waals surface area contributed by atoms with E-state index in [1.807, 2.05) is 60.7 Å². The van der Waals surface area contributed by atoms with E-state index in [1.54, 1.807) is 19.9 Å². The molecule has 0 aliphatic rings. The molecule has 0 radical (unpaired) electrons.